The molecule has 4 nitrogen and oxygen atoms in total. The zero-order valence-electron chi connectivity index (χ0n) is 11.8. The fourth-order valence-corrected chi connectivity index (χ4v) is 3.97. The van der Waals surface area contributed by atoms with Gasteiger partial charge in [0.05, 0.1) is 16.8 Å². The third-order valence-corrected chi connectivity index (χ3v) is 4.94. The molecule has 3 rings (SSSR count). The van der Waals surface area contributed by atoms with E-state index in [0.717, 1.165) is 41.2 Å². The minimum Gasteiger partial charge on any atom is -0.464 e. The maximum atomic E-state index is 12.1. The molecule has 1 saturated heterocycles. The third kappa shape index (κ3) is 2.99. The predicted octanol–water partition coefficient (Wildman–Crippen LogP) is 3.87. The van der Waals surface area contributed by atoms with Gasteiger partial charge in [-0.2, -0.15) is 0 Å². The van der Waals surface area contributed by atoms with E-state index < -0.39 is 0 Å². The smallest absolute Gasteiger partial charge is 0.328 e. The number of rotatable bonds is 3. The summed E-state index contributed by atoms with van der Waals surface area (Å²) < 4.78 is 6.25. The maximum absolute atomic E-state index is 12.1. The molecule has 1 aromatic heterocycles. The van der Waals surface area contributed by atoms with Crippen LogP contribution in [-0.4, -0.2) is 30.1 Å². The van der Waals surface area contributed by atoms with Crippen LogP contribution in [0, 0.1) is 0 Å². The Balaban J connectivity index is 1.92. The molecule has 1 aliphatic rings. The van der Waals surface area contributed by atoms with E-state index in [1.807, 2.05) is 25.1 Å². The van der Waals surface area contributed by atoms with Crippen molar-refractivity contribution in [1.29, 1.82) is 0 Å². The Morgan fingerprint density at radius 3 is 3.19 bits per heavy atom. The highest BCUT2D eigenvalue weighted by molar-refractivity contribution is 7.22. The number of ether oxygens (including phenoxy) is 1. The highest BCUT2D eigenvalue weighted by atomic mass is 35.5. The zero-order valence-corrected chi connectivity index (χ0v) is 13.4. The number of hydrogen-bond acceptors (Lipinski definition) is 5. The second-order valence-electron chi connectivity index (χ2n) is 5.07. The second kappa shape index (κ2) is 6.20. The number of benzene rings is 1. The fraction of sp³-hybridized carbons (Fsp3) is 0.467. The molecule has 0 aliphatic carbocycles. The molecular weight excluding hydrogens is 308 g/mol. The Kier molecular flexibility index (Phi) is 4.31. The van der Waals surface area contributed by atoms with Gasteiger partial charge in [0, 0.05) is 11.6 Å². The first-order chi connectivity index (χ1) is 10.2. The number of nitrogens with zero attached hydrogens (tertiary/aromatic N) is 2. The summed E-state index contributed by atoms with van der Waals surface area (Å²) in [5, 5.41) is 1.59. The lowest BCUT2D eigenvalue weighted by molar-refractivity contribution is -0.145. The van der Waals surface area contributed by atoms with Crippen LogP contribution in [0.1, 0.15) is 26.2 Å². The Morgan fingerprint density at radius 2 is 2.38 bits per heavy atom. The number of anilines is 1. The van der Waals surface area contributed by atoms with E-state index in [-0.39, 0.29) is 12.0 Å². The van der Waals surface area contributed by atoms with Crippen LogP contribution in [0.25, 0.3) is 10.2 Å². The summed E-state index contributed by atoms with van der Waals surface area (Å²) in [5.41, 5.74) is 0.924. The van der Waals surface area contributed by atoms with Gasteiger partial charge in [-0.1, -0.05) is 22.9 Å². The highest BCUT2D eigenvalue weighted by Crippen LogP contribution is 2.34. The number of esters is 1. The number of halogens is 1. The lowest BCUT2D eigenvalue weighted by Crippen LogP contribution is -2.45. The molecule has 0 radical (unpaired) electrons. The summed E-state index contributed by atoms with van der Waals surface area (Å²) in [6.07, 6.45) is 2.96. The third-order valence-electron chi connectivity index (χ3n) is 3.65. The van der Waals surface area contributed by atoms with E-state index in [0.29, 0.717) is 11.6 Å². The Hall–Kier alpha value is -1.33. The SMILES string of the molecule is CCOC(=O)[C@@H]1CCCCN1c1nc2ccc(Cl)cc2s1. The van der Waals surface area contributed by atoms with Gasteiger partial charge in [-0.05, 0) is 44.4 Å². The summed E-state index contributed by atoms with van der Waals surface area (Å²) >= 11 is 7.61. The lowest BCUT2D eigenvalue weighted by Gasteiger charge is -2.33. The van der Waals surface area contributed by atoms with Crippen LogP contribution >= 0.6 is 22.9 Å². The molecular formula is C15H17ClN2O2S. The first kappa shape index (κ1) is 14.6. The van der Waals surface area contributed by atoms with Gasteiger partial charge < -0.3 is 9.64 Å². The molecule has 0 amide bonds. The van der Waals surface area contributed by atoms with Crippen LogP contribution in [0.15, 0.2) is 18.2 Å². The average molecular weight is 325 g/mol. The van der Waals surface area contributed by atoms with Gasteiger partial charge in [0.2, 0.25) is 0 Å². The van der Waals surface area contributed by atoms with Crippen LogP contribution in [0.5, 0.6) is 0 Å². The molecule has 1 atom stereocenters. The Morgan fingerprint density at radius 1 is 1.52 bits per heavy atom. The molecule has 21 heavy (non-hydrogen) atoms. The van der Waals surface area contributed by atoms with Gasteiger partial charge in [-0.25, -0.2) is 9.78 Å². The van der Waals surface area contributed by atoms with E-state index in [9.17, 15) is 4.79 Å². The number of piperidine rings is 1. The standard InChI is InChI=1S/C15H17ClN2O2S/c1-2-20-14(19)12-5-3-4-8-18(12)15-17-11-7-6-10(16)9-13(11)21-15/h6-7,9,12H,2-5,8H2,1H3/t12-/m0/s1. The molecule has 0 unspecified atom stereocenters. The number of carbonyl (C=O) groups excluding carboxylic acids is 1. The van der Waals surface area contributed by atoms with Gasteiger partial charge >= 0.3 is 5.97 Å². The lowest BCUT2D eigenvalue weighted by atomic mass is 10.0. The molecule has 1 fully saturated rings. The number of aromatic nitrogens is 1. The van der Waals surface area contributed by atoms with Gasteiger partial charge in [-0.3, -0.25) is 0 Å². The summed E-state index contributed by atoms with van der Waals surface area (Å²) in [6, 6.07) is 5.46. The monoisotopic (exact) mass is 324 g/mol. The van der Waals surface area contributed by atoms with Crippen molar-refractivity contribution in [2.75, 3.05) is 18.1 Å². The quantitative estimate of drug-likeness (QED) is 0.804. The van der Waals surface area contributed by atoms with Crippen LogP contribution in [0.3, 0.4) is 0 Å². The Labute approximate surface area is 132 Å². The van der Waals surface area contributed by atoms with Crippen LogP contribution in [0.4, 0.5) is 5.13 Å². The average Bonchev–Trinajstić information content (AvgIpc) is 2.90. The molecule has 0 bridgehead atoms. The highest BCUT2D eigenvalue weighted by Gasteiger charge is 2.31. The van der Waals surface area contributed by atoms with Gasteiger partial charge in [-0.15, -0.1) is 0 Å². The number of carbonyl (C=O) groups is 1. The summed E-state index contributed by atoms with van der Waals surface area (Å²) in [5.74, 6) is -0.144. The largest absolute Gasteiger partial charge is 0.464 e. The van der Waals surface area contributed by atoms with E-state index in [1.54, 1.807) is 11.3 Å². The van der Waals surface area contributed by atoms with Crippen molar-refractivity contribution < 1.29 is 9.53 Å². The molecule has 0 saturated carbocycles. The van der Waals surface area contributed by atoms with Crippen molar-refractivity contribution >= 4 is 44.3 Å². The summed E-state index contributed by atoms with van der Waals surface area (Å²) in [4.78, 5) is 18.9. The molecule has 112 valence electrons. The molecule has 1 aliphatic heterocycles. The minimum atomic E-state index is -0.213. The number of thiazole rings is 1. The van der Waals surface area contributed by atoms with Gasteiger partial charge in [0.15, 0.2) is 5.13 Å². The van der Waals surface area contributed by atoms with Crippen LogP contribution in [-0.2, 0) is 9.53 Å². The fourth-order valence-electron chi connectivity index (χ4n) is 2.65. The molecule has 6 heteroatoms. The molecule has 1 aromatic carbocycles. The summed E-state index contributed by atoms with van der Waals surface area (Å²) in [7, 11) is 0. The van der Waals surface area contributed by atoms with Gasteiger partial charge in [0.1, 0.15) is 6.04 Å². The predicted molar refractivity (Wildman–Crippen MR) is 86.2 cm³/mol. The van der Waals surface area contributed by atoms with Crippen molar-refractivity contribution in [3.8, 4) is 0 Å². The molecule has 0 spiro atoms. The van der Waals surface area contributed by atoms with Crippen molar-refractivity contribution in [1.82, 2.24) is 4.98 Å². The van der Waals surface area contributed by atoms with E-state index in [4.69, 9.17) is 16.3 Å². The van der Waals surface area contributed by atoms with Crippen LogP contribution in [0.2, 0.25) is 5.02 Å². The summed E-state index contributed by atoms with van der Waals surface area (Å²) in [6.45, 7) is 3.10. The minimum absolute atomic E-state index is 0.144. The second-order valence-corrected chi connectivity index (χ2v) is 6.51. The van der Waals surface area contributed by atoms with Crippen molar-refractivity contribution in [3.05, 3.63) is 23.2 Å². The molecule has 0 N–H and O–H groups in total. The number of fused-ring (bicyclic) bond motifs is 1. The molecule has 2 aromatic rings. The molecule has 2 heterocycles. The van der Waals surface area contributed by atoms with E-state index in [2.05, 4.69) is 9.88 Å². The van der Waals surface area contributed by atoms with Gasteiger partial charge in [0.25, 0.3) is 0 Å². The van der Waals surface area contributed by atoms with Crippen molar-refractivity contribution in [3.63, 3.8) is 0 Å². The number of hydrogen-bond donors (Lipinski definition) is 0. The van der Waals surface area contributed by atoms with Crippen molar-refractivity contribution in [2.45, 2.75) is 32.2 Å². The first-order valence-electron chi connectivity index (χ1n) is 7.18. The zero-order chi connectivity index (χ0) is 14.8. The van der Waals surface area contributed by atoms with E-state index in [1.165, 1.54) is 0 Å². The Bertz CT molecular complexity index is 658. The van der Waals surface area contributed by atoms with Crippen LogP contribution < -0.4 is 4.90 Å². The normalized spacial score (nSPS) is 19.0. The topological polar surface area (TPSA) is 42.4 Å². The maximum Gasteiger partial charge on any atom is 0.328 e. The first-order valence-corrected chi connectivity index (χ1v) is 8.38. The van der Waals surface area contributed by atoms with E-state index >= 15 is 0 Å². The van der Waals surface area contributed by atoms with Crippen molar-refractivity contribution in [2.24, 2.45) is 0 Å².